The summed E-state index contributed by atoms with van der Waals surface area (Å²) in [5.74, 6) is -0.184. The van der Waals surface area contributed by atoms with Crippen LogP contribution in [-0.2, 0) is 23.7 Å². The van der Waals surface area contributed by atoms with Gasteiger partial charge in [0.25, 0.3) is 0 Å². The number of ether oxygens (including phenoxy) is 4. The quantitative estimate of drug-likeness (QED) is 0.389. The van der Waals surface area contributed by atoms with Crippen LogP contribution in [0.4, 0.5) is 0 Å². The zero-order valence-corrected chi connectivity index (χ0v) is 14.8. The molecule has 6 heteroatoms. The first-order valence-electron chi connectivity index (χ1n) is 8.73. The highest BCUT2D eigenvalue weighted by molar-refractivity contribution is 5.66. The molecular weight excluding hydrogens is 300 g/mol. The van der Waals surface area contributed by atoms with E-state index in [1.165, 1.54) is 25.7 Å². The Morgan fingerprint density at radius 2 is 1.39 bits per heavy atom. The molecule has 0 saturated carbocycles. The minimum atomic E-state index is -0.850. The summed E-state index contributed by atoms with van der Waals surface area (Å²) in [6.45, 7) is 8.59. The second-order valence-electron chi connectivity index (χ2n) is 5.47. The van der Waals surface area contributed by atoms with Crippen LogP contribution < -0.4 is 0 Å². The van der Waals surface area contributed by atoms with E-state index >= 15 is 0 Å². The van der Waals surface area contributed by atoms with E-state index in [9.17, 15) is 4.79 Å². The van der Waals surface area contributed by atoms with Crippen molar-refractivity contribution in [1.29, 1.82) is 0 Å². The van der Waals surface area contributed by atoms with Crippen molar-refractivity contribution in [2.24, 2.45) is 5.92 Å². The Morgan fingerprint density at radius 3 is 1.87 bits per heavy atom. The maximum Gasteiger partial charge on any atom is 0.305 e. The Balaban J connectivity index is 3.16. The van der Waals surface area contributed by atoms with E-state index in [0.717, 1.165) is 6.61 Å². The molecule has 1 N–H and O–H groups in total. The average molecular weight is 334 g/mol. The largest absolute Gasteiger partial charge is 0.481 e. The van der Waals surface area contributed by atoms with Crippen molar-refractivity contribution in [3.63, 3.8) is 0 Å². The van der Waals surface area contributed by atoms with Gasteiger partial charge in [0.15, 0.2) is 0 Å². The summed E-state index contributed by atoms with van der Waals surface area (Å²) in [6.07, 6.45) is 4.96. The molecule has 0 spiro atoms. The van der Waals surface area contributed by atoms with Crippen molar-refractivity contribution < 1.29 is 28.8 Å². The number of rotatable bonds is 18. The maximum absolute atomic E-state index is 10.2. The Bertz CT molecular complexity index is 259. The fourth-order valence-corrected chi connectivity index (χ4v) is 1.97. The average Bonchev–Trinajstić information content (AvgIpc) is 2.54. The topological polar surface area (TPSA) is 74.2 Å². The van der Waals surface area contributed by atoms with Crippen molar-refractivity contribution in [1.82, 2.24) is 0 Å². The molecule has 0 aromatic rings. The number of carbonyl (C=O) groups is 1. The lowest BCUT2D eigenvalue weighted by Gasteiger charge is -2.14. The minimum absolute atomic E-state index is 0.0282. The van der Waals surface area contributed by atoms with Crippen LogP contribution in [0.3, 0.4) is 0 Å². The lowest BCUT2D eigenvalue weighted by Crippen LogP contribution is -2.14. The number of aliphatic carboxylic acids is 1. The van der Waals surface area contributed by atoms with Crippen molar-refractivity contribution >= 4 is 5.97 Å². The zero-order valence-electron chi connectivity index (χ0n) is 14.8. The monoisotopic (exact) mass is 334 g/mol. The SMILES string of the molecule is CCCCC(CC)COCCOCCOCCOCCC(=O)O. The number of hydrogen-bond acceptors (Lipinski definition) is 5. The second-order valence-corrected chi connectivity index (χ2v) is 5.47. The molecule has 1 atom stereocenters. The summed E-state index contributed by atoms with van der Waals surface area (Å²) >= 11 is 0. The van der Waals surface area contributed by atoms with Crippen LogP contribution >= 0.6 is 0 Å². The molecule has 0 radical (unpaired) electrons. The second kappa shape index (κ2) is 17.7. The molecule has 0 fully saturated rings. The molecule has 138 valence electrons. The Morgan fingerprint density at radius 1 is 0.870 bits per heavy atom. The van der Waals surface area contributed by atoms with Crippen LogP contribution in [0, 0.1) is 5.92 Å². The van der Waals surface area contributed by atoms with Gasteiger partial charge in [0.2, 0.25) is 0 Å². The summed E-state index contributed by atoms with van der Waals surface area (Å²) in [5, 5.41) is 8.42. The standard InChI is InChI=1S/C17H34O6/c1-3-5-6-16(4-2)15-23-14-13-22-12-11-21-10-9-20-8-7-17(18)19/h16H,3-15H2,1-2H3,(H,18,19). The molecule has 0 aliphatic heterocycles. The van der Waals surface area contributed by atoms with Crippen LogP contribution in [0.1, 0.15) is 46.0 Å². The summed E-state index contributed by atoms with van der Waals surface area (Å²) in [4.78, 5) is 10.2. The molecule has 0 aliphatic rings. The van der Waals surface area contributed by atoms with Crippen LogP contribution in [-0.4, -0.2) is 63.9 Å². The summed E-state index contributed by atoms with van der Waals surface area (Å²) in [7, 11) is 0. The number of unbranched alkanes of at least 4 members (excludes halogenated alkanes) is 1. The Labute approximate surface area is 140 Å². The first kappa shape index (κ1) is 22.3. The minimum Gasteiger partial charge on any atom is -0.481 e. The smallest absolute Gasteiger partial charge is 0.305 e. The molecule has 0 aromatic heterocycles. The Hall–Kier alpha value is -0.690. The van der Waals surface area contributed by atoms with Gasteiger partial charge >= 0.3 is 5.97 Å². The molecule has 1 unspecified atom stereocenters. The van der Waals surface area contributed by atoms with Crippen LogP contribution in [0.5, 0.6) is 0 Å². The lowest BCUT2D eigenvalue weighted by atomic mass is 10.0. The van der Waals surface area contributed by atoms with Gasteiger partial charge in [-0.25, -0.2) is 0 Å². The molecule has 6 nitrogen and oxygen atoms in total. The van der Waals surface area contributed by atoms with Crippen LogP contribution in [0.2, 0.25) is 0 Å². The molecule has 0 heterocycles. The normalized spacial score (nSPS) is 12.4. The molecule has 0 saturated heterocycles. The first-order chi connectivity index (χ1) is 11.2. The van der Waals surface area contributed by atoms with Crippen molar-refractivity contribution in [2.45, 2.75) is 46.0 Å². The zero-order chi connectivity index (χ0) is 17.2. The van der Waals surface area contributed by atoms with Gasteiger partial charge in [-0.05, 0) is 12.3 Å². The number of carboxylic acids is 1. The fraction of sp³-hybridized carbons (Fsp3) is 0.941. The highest BCUT2D eigenvalue weighted by atomic mass is 16.6. The van der Waals surface area contributed by atoms with E-state index in [0.29, 0.717) is 45.6 Å². The number of carboxylic acid groups (broad SMARTS) is 1. The van der Waals surface area contributed by atoms with Gasteiger partial charge in [0, 0.05) is 6.61 Å². The van der Waals surface area contributed by atoms with Gasteiger partial charge < -0.3 is 24.1 Å². The van der Waals surface area contributed by atoms with Crippen molar-refractivity contribution in [2.75, 3.05) is 52.9 Å². The molecule has 0 aliphatic carbocycles. The van der Waals surface area contributed by atoms with Gasteiger partial charge in [-0.2, -0.15) is 0 Å². The fourth-order valence-electron chi connectivity index (χ4n) is 1.97. The van der Waals surface area contributed by atoms with E-state index in [-0.39, 0.29) is 13.0 Å². The lowest BCUT2D eigenvalue weighted by molar-refractivity contribution is -0.138. The number of hydrogen-bond donors (Lipinski definition) is 1. The van der Waals surface area contributed by atoms with Gasteiger partial charge in [-0.1, -0.05) is 33.1 Å². The molecule has 0 rings (SSSR count). The molecule has 23 heavy (non-hydrogen) atoms. The van der Waals surface area contributed by atoms with Crippen molar-refractivity contribution in [3.8, 4) is 0 Å². The third-order valence-corrected chi connectivity index (χ3v) is 3.47. The molecular formula is C17H34O6. The maximum atomic E-state index is 10.2. The summed E-state index contributed by atoms with van der Waals surface area (Å²) in [6, 6.07) is 0. The molecule has 0 bridgehead atoms. The van der Waals surface area contributed by atoms with Gasteiger partial charge in [0.1, 0.15) is 0 Å². The van der Waals surface area contributed by atoms with Gasteiger partial charge in [-0.15, -0.1) is 0 Å². The summed E-state index contributed by atoms with van der Waals surface area (Å²) < 4.78 is 21.5. The highest BCUT2D eigenvalue weighted by Crippen LogP contribution is 2.12. The predicted octanol–water partition coefficient (Wildman–Crippen LogP) is 2.74. The molecule has 0 aromatic carbocycles. The van der Waals surface area contributed by atoms with Gasteiger partial charge in [-0.3, -0.25) is 4.79 Å². The Kier molecular flexibility index (Phi) is 17.1. The van der Waals surface area contributed by atoms with E-state index in [1.54, 1.807) is 0 Å². The van der Waals surface area contributed by atoms with E-state index in [2.05, 4.69) is 13.8 Å². The molecule has 0 amide bonds. The van der Waals surface area contributed by atoms with Gasteiger partial charge in [0.05, 0.1) is 52.7 Å². The van der Waals surface area contributed by atoms with E-state index < -0.39 is 5.97 Å². The third-order valence-electron chi connectivity index (χ3n) is 3.47. The van der Waals surface area contributed by atoms with E-state index in [4.69, 9.17) is 24.1 Å². The highest BCUT2D eigenvalue weighted by Gasteiger charge is 2.05. The predicted molar refractivity (Wildman–Crippen MR) is 88.8 cm³/mol. The first-order valence-corrected chi connectivity index (χ1v) is 8.73. The van der Waals surface area contributed by atoms with Crippen LogP contribution in [0.25, 0.3) is 0 Å². The summed E-state index contributed by atoms with van der Waals surface area (Å²) in [5.41, 5.74) is 0. The van der Waals surface area contributed by atoms with Crippen molar-refractivity contribution in [3.05, 3.63) is 0 Å². The van der Waals surface area contributed by atoms with E-state index in [1.807, 2.05) is 0 Å². The van der Waals surface area contributed by atoms with Crippen LogP contribution in [0.15, 0.2) is 0 Å². The third kappa shape index (κ3) is 17.5.